The fraction of sp³-hybridized carbons (Fsp3) is 0.333. The maximum atomic E-state index is 12.6. The standard InChI is InChI=1S/C9H7F4NO4/c1-17-5-2-4(3-10)7(18-9(11,12)13)6(14-5)8(15)16/h2H,3H2,1H3,(H,15,16). The minimum Gasteiger partial charge on any atom is -0.481 e. The van der Waals surface area contributed by atoms with Crippen molar-refractivity contribution in [3.05, 3.63) is 17.3 Å². The number of pyridine rings is 1. The number of halogens is 4. The summed E-state index contributed by atoms with van der Waals surface area (Å²) in [6, 6.07) is 0.827. The second kappa shape index (κ2) is 5.07. The third kappa shape index (κ3) is 3.22. The predicted molar refractivity (Wildman–Crippen MR) is 49.2 cm³/mol. The molecule has 0 aliphatic rings. The van der Waals surface area contributed by atoms with Gasteiger partial charge in [-0.15, -0.1) is 13.2 Å². The van der Waals surface area contributed by atoms with E-state index in [9.17, 15) is 22.4 Å². The third-order valence-electron chi connectivity index (χ3n) is 1.80. The summed E-state index contributed by atoms with van der Waals surface area (Å²) in [6.45, 7) is -1.36. The average molecular weight is 269 g/mol. The van der Waals surface area contributed by atoms with Gasteiger partial charge in [-0.3, -0.25) is 0 Å². The maximum Gasteiger partial charge on any atom is 0.573 e. The van der Waals surface area contributed by atoms with Gasteiger partial charge in [-0.05, 0) is 0 Å². The number of rotatable bonds is 4. The van der Waals surface area contributed by atoms with Crippen LogP contribution >= 0.6 is 0 Å². The van der Waals surface area contributed by atoms with Crippen molar-refractivity contribution in [3.63, 3.8) is 0 Å². The van der Waals surface area contributed by atoms with Crippen LogP contribution in [0.4, 0.5) is 17.6 Å². The van der Waals surface area contributed by atoms with Crippen LogP contribution < -0.4 is 9.47 Å². The summed E-state index contributed by atoms with van der Waals surface area (Å²) in [7, 11) is 1.11. The average Bonchev–Trinajstić information content (AvgIpc) is 2.26. The number of methoxy groups -OCH3 is 1. The van der Waals surface area contributed by atoms with Gasteiger partial charge in [0.25, 0.3) is 0 Å². The first-order valence-corrected chi connectivity index (χ1v) is 4.41. The molecule has 0 aliphatic heterocycles. The number of hydrogen-bond donors (Lipinski definition) is 1. The molecule has 100 valence electrons. The van der Waals surface area contributed by atoms with E-state index in [1.165, 1.54) is 0 Å². The number of ether oxygens (including phenoxy) is 2. The summed E-state index contributed by atoms with van der Waals surface area (Å²) in [5.41, 5.74) is -1.68. The van der Waals surface area contributed by atoms with Gasteiger partial charge in [-0.25, -0.2) is 14.2 Å². The fourth-order valence-electron chi connectivity index (χ4n) is 1.14. The zero-order valence-corrected chi connectivity index (χ0v) is 8.92. The lowest BCUT2D eigenvalue weighted by atomic mass is 10.2. The van der Waals surface area contributed by atoms with E-state index in [-0.39, 0.29) is 5.88 Å². The van der Waals surface area contributed by atoms with Gasteiger partial charge < -0.3 is 14.6 Å². The highest BCUT2D eigenvalue weighted by Crippen LogP contribution is 2.32. The molecular weight excluding hydrogens is 262 g/mol. The Morgan fingerprint density at radius 2 is 2.11 bits per heavy atom. The van der Waals surface area contributed by atoms with Crippen molar-refractivity contribution >= 4 is 5.97 Å². The van der Waals surface area contributed by atoms with Crippen LogP contribution in [0.1, 0.15) is 16.1 Å². The van der Waals surface area contributed by atoms with Crippen molar-refractivity contribution < 1.29 is 36.9 Å². The highest BCUT2D eigenvalue weighted by molar-refractivity contribution is 5.89. The van der Waals surface area contributed by atoms with E-state index in [1.807, 2.05) is 0 Å². The molecule has 1 rings (SSSR count). The van der Waals surface area contributed by atoms with Crippen molar-refractivity contribution in [3.8, 4) is 11.6 Å². The highest BCUT2D eigenvalue weighted by Gasteiger charge is 2.35. The summed E-state index contributed by atoms with van der Waals surface area (Å²) in [5.74, 6) is -3.30. The van der Waals surface area contributed by atoms with Crippen LogP contribution in [-0.2, 0) is 6.67 Å². The van der Waals surface area contributed by atoms with E-state index in [2.05, 4.69) is 14.5 Å². The van der Waals surface area contributed by atoms with E-state index in [0.717, 1.165) is 13.2 Å². The van der Waals surface area contributed by atoms with Crippen LogP contribution in [-0.4, -0.2) is 29.5 Å². The lowest BCUT2D eigenvalue weighted by Crippen LogP contribution is -2.21. The zero-order chi connectivity index (χ0) is 13.9. The Balaban J connectivity index is 3.39. The van der Waals surface area contributed by atoms with Crippen LogP contribution in [0.5, 0.6) is 11.6 Å². The summed E-state index contributed by atoms with van der Waals surface area (Å²) >= 11 is 0. The predicted octanol–water partition coefficient (Wildman–Crippen LogP) is 2.16. The maximum absolute atomic E-state index is 12.6. The van der Waals surface area contributed by atoms with Crippen LogP contribution in [0.15, 0.2) is 6.07 Å². The molecule has 0 fully saturated rings. The quantitative estimate of drug-likeness (QED) is 0.848. The van der Waals surface area contributed by atoms with E-state index < -0.39 is 36.0 Å². The van der Waals surface area contributed by atoms with Crippen molar-refractivity contribution in [1.82, 2.24) is 4.98 Å². The SMILES string of the molecule is COc1cc(CF)c(OC(F)(F)F)c(C(=O)O)n1. The molecule has 0 spiro atoms. The van der Waals surface area contributed by atoms with Crippen molar-refractivity contribution in [2.24, 2.45) is 0 Å². The molecule has 0 aromatic carbocycles. The molecule has 9 heteroatoms. The Kier molecular flexibility index (Phi) is 3.94. The molecule has 0 saturated heterocycles. The fourth-order valence-corrected chi connectivity index (χ4v) is 1.14. The Hall–Kier alpha value is -2.06. The van der Waals surface area contributed by atoms with E-state index >= 15 is 0 Å². The third-order valence-corrected chi connectivity index (χ3v) is 1.80. The molecule has 18 heavy (non-hydrogen) atoms. The monoisotopic (exact) mass is 269 g/mol. The largest absolute Gasteiger partial charge is 0.573 e. The molecule has 0 aliphatic carbocycles. The Morgan fingerprint density at radius 3 is 2.50 bits per heavy atom. The molecule has 0 atom stereocenters. The molecule has 0 unspecified atom stereocenters. The number of hydrogen-bond acceptors (Lipinski definition) is 4. The molecule has 1 N–H and O–H groups in total. The Morgan fingerprint density at radius 1 is 1.50 bits per heavy atom. The Labute approximate surface area is 98.0 Å². The van der Waals surface area contributed by atoms with Crippen molar-refractivity contribution in [2.45, 2.75) is 13.0 Å². The van der Waals surface area contributed by atoms with Gasteiger partial charge in [-0.1, -0.05) is 0 Å². The van der Waals surface area contributed by atoms with Crippen LogP contribution in [0, 0.1) is 0 Å². The van der Waals surface area contributed by atoms with E-state index in [1.54, 1.807) is 0 Å². The second-order valence-electron chi connectivity index (χ2n) is 2.99. The van der Waals surface area contributed by atoms with Gasteiger partial charge in [0.2, 0.25) is 5.88 Å². The minimum absolute atomic E-state index is 0.324. The van der Waals surface area contributed by atoms with Gasteiger partial charge in [0, 0.05) is 11.6 Å². The van der Waals surface area contributed by atoms with Gasteiger partial charge >= 0.3 is 12.3 Å². The number of carboxylic acids is 1. The normalized spacial score (nSPS) is 11.2. The molecule has 0 bridgehead atoms. The van der Waals surface area contributed by atoms with Crippen LogP contribution in [0.2, 0.25) is 0 Å². The van der Waals surface area contributed by atoms with Crippen molar-refractivity contribution in [2.75, 3.05) is 7.11 Å². The Bertz CT molecular complexity index is 461. The summed E-state index contributed by atoms with van der Waals surface area (Å²) in [5, 5.41) is 8.71. The van der Waals surface area contributed by atoms with Crippen LogP contribution in [0.25, 0.3) is 0 Å². The van der Waals surface area contributed by atoms with Gasteiger partial charge in [0.15, 0.2) is 11.4 Å². The number of aromatic carboxylic acids is 1. The molecule has 5 nitrogen and oxygen atoms in total. The van der Waals surface area contributed by atoms with E-state index in [0.29, 0.717) is 0 Å². The van der Waals surface area contributed by atoms with Crippen molar-refractivity contribution in [1.29, 1.82) is 0 Å². The lowest BCUT2D eigenvalue weighted by molar-refractivity contribution is -0.275. The smallest absolute Gasteiger partial charge is 0.481 e. The molecule has 1 heterocycles. The first-order chi connectivity index (χ1) is 8.28. The molecule has 0 saturated carbocycles. The number of nitrogens with zero attached hydrogens (tertiary/aromatic N) is 1. The van der Waals surface area contributed by atoms with Gasteiger partial charge in [0.1, 0.15) is 6.67 Å². The lowest BCUT2D eigenvalue weighted by Gasteiger charge is -2.14. The summed E-state index contributed by atoms with van der Waals surface area (Å²) < 4.78 is 56.9. The molecule has 0 radical (unpaired) electrons. The first-order valence-electron chi connectivity index (χ1n) is 4.41. The zero-order valence-electron chi connectivity index (χ0n) is 8.92. The van der Waals surface area contributed by atoms with E-state index in [4.69, 9.17) is 5.11 Å². The summed E-state index contributed by atoms with van der Waals surface area (Å²) in [6.07, 6.45) is -5.15. The molecule has 1 aromatic rings. The first kappa shape index (κ1) is 14.0. The number of carbonyl (C=O) groups is 1. The molecular formula is C9H7F4NO4. The second-order valence-corrected chi connectivity index (χ2v) is 2.99. The minimum atomic E-state index is -5.15. The number of alkyl halides is 4. The van der Waals surface area contributed by atoms with Gasteiger partial charge in [0.05, 0.1) is 7.11 Å². The molecule has 0 amide bonds. The van der Waals surface area contributed by atoms with Crippen LogP contribution in [0.3, 0.4) is 0 Å². The van der Waals surface area contributed by atoms with Gasteiger partial charge in [-0.2, -0.15) is 0 Å². The highest BCUT2D eigenvalue weighted by atomic mass is 19.4. The molecule has 1 aromatic heterocycles. The number of carboxylic acid groups (broad SMARTS) is 1. The summed E-state index contributed by atoms with van der Waals surface area (Å²) in [4.78, 5) is 14.0. The topological polar surface area (TPSA) is 68.7 Å². The number of aromatic nitrogens is 1.